The molecule has 4 rings (SSSR count). The molecule has 0 saturated heterocycles. The van der Waals surface area contributed by atoms with Crippen LogP contribution >= 0.6 is 0 Å². The molecule has 5 heteroatoms. The molecule has 0 atom stereocenters. The van der Waals surface area contributed by atoms with Gasteiger partial charge in [-0.3, -0.25) is 14.2 Å². The lowest BCUT2D eigenvalue weighted by atomic mass is 10.1. The minimum atomic E-state index is -0.114. The molecule has 1 amide bonds. The number of carbonyl (C=O) groups is 2. The fourth-order valence-corrected chi connectivity index (χ4v) is 3.37. The van der Waals surface area contributed by atoms with Crippen molar-refractivity contribution in [2.75, 3.05) is 5.32 Å². The van der Waals surface area contributed by atoms with E-state index >= 15 is 0 Å². The lowest BCUT2D eigenvalue weighted by molar-refractivity contribution is -0.116. The number of amides is 1. The van der Waals surface area contributed by atoms with Gasteiger partial charge in [-0.05, 0) is 43.3 Å². The van der Waals surface area contributed by atoms with Crippen molar-refractivity contribution < 1.29 is 9.59 Å². The van der Waals surface area contributed by atoms with Gasteiger partial charge in [-0.15, -0.1) is 0 Å². The Labute approximate surface area is 169 Å². The third-order valence-corrected chi connectivity index (χ3v) is 4.77. The van der Waals surface area contributed by atoms with Crippen LogP contribution in [-0.4, -0.2) is 21.2 Å². The van der Waals surface area contributed by atoms with Crippen molar-refractivity contribution in [1.29, 1.82) is 0 Å². The van der Waals surface area contributed by atoms with E-state index in [2.05, 4.69) is 9.88 Å². The van der Waals surface area contributed by atoms with Gasteiger partial charge in [-0.25, -0.2) is 4.98 Å². The number of aromatic nitrogens is 2. The minimum absolute atomic E-state index is 0.0299. The second-order valence-corrected chi connectivity index (χ2v) is 6.87. The summed E-state index contributed by atoms with van der Waals surface area (Å²) in [5.41, 5.74) is 4.14. The molecular weight excluding hydrogens is 362 g/mol. The summed E-state index contributed by atoms with van der Waals surface area (Å²) in [6.07, 6.45) is 0.794. The second-order valence-electron chi connectivity index (χ2n) is 6.87. The van der Waals surface area contributed by atoms with Crippen LogP contribution in [0.1, 0.15) is 29.5 Å². The Morgan fingerprint density at radius 3 is 2.48 bits per heavy atom. The van der Waals surface area contributed by atoms with Gasteiger partial charge in [0.25, 0.3) is 0 Å². The van der Waals surface area contributed by atoms with Gasteiger partial charge in [-0.1, -0.05) is 42.5 Å². The molecule has 1 heterocycles. The summed E-state index contributed by atoms with van der Waals surface area (Å²) in [6.45, 7) is 1.51. The fraction of sp³-hybridized carbons (Fsp3) is 0.125. The third-order valence-electron chi connectivity index (χ3n) is 4.77. The highest BCUT2D eigenvalue weighted by molar-refractivity contribution is 5.97. The van der Waals surface area contributed by atoms with E-state index in [1.807, 2.05) is 54.6 Å². The highest BCUT2D eigenvalue weighted by Gasteiger charge is 2.14. The number of carbonyl (C=O) groups excluding carboxylic acids is 2. The molecule has 0 fully saturated rings. The molecule has 29 heavy (non-hydrogen) atoms. The summed E-state index contributed by atoms with van der Waals surface area (Å²) < 4.78 is 2.10. The Balaban J connectivity index is 1.55. The quantitative estimate of drug-likeness (QED) is 0.487. The van der Waals surface area contributed by atoms with Crippen molar-refractivity contribution in [3.63, 3.8) is 0 Å². The number of para-hydroxylation sites is 3. The molecule has 0 saturated carbocycles. The minimum Gasteiger partial charge on any atom is -0.326 e. The van der Waals surface area contributed by atoms with Gasteiger partial charge < -0.3 is 5.32 Å². The van der Waals surface area contributed by atoms with E-state index in [9.17, 15) is 9.59 Å². The summed E-state index contributed by atoms with van der Waals surface area (Å²) in [5, 5.41) is 2.87. The highest BCUT2D eigenvalue weighted by atomic mass is 16.1. The molecule has 0 unspecified atom stereocenters. The van der Waals surface area contributed by atoms with Crippen molar-refractivity contribution in [2.24, 2.45) is 0 Å². The van der Waals surface area contributed by atoms with Gasteiger partial charge >= 0.3 is 0 Å². The molecular formula is C24H21N3O2. The van der Waals surface area contributed by atoms with Gasteiger partial charge in [0.05, 0.1) is 11.0 Å². The number of hydrogen-bond donors (Lipinski definition) is 1. The number of hydrogen-bond acceptors (Lipinski definition) is 3. The van der Waals surface area contributed by atoms with Crippen molar-refractivity contribution in [2.45, 2.75) is 19.8 Å². The van der Waals surface area contributed by atoms with Crippen LogP contribution in [-0.2, 0) is 11.2 Å². The largest absolute Gasteiger partial charge is 0.326 e. The van der Waals surface area contributed by atoms with Crippen LogP contribution in [0.25, 0.3) is 16.7 Å². The van der Waals surface area contributed by atoms with Crippen molar-refractivity contribution in [1.82, 2.24) is 9.55 Å². The second kappa shape index (κ2) is 8.10. The number of rotatable bonds is 6. The van der Waals surface area contributed by atoms with E-state index in [4.69, 9.17) is 4.98 Å². The van der Waals surface area contributed by atoms with Crippen molar-refractivity contribution in [3.8, 4) is 5.69 Å². The summed E-state index contributed by atoms with van der Waals surface area (Å²) in [6, 6.07) is 25.0. The Morgan fingerprint density at radius 2 is 1.69 bits per heavy atom. The lowest BCUT2D eigenvalue weighted by Gasteiger charge is -2.10. The topological polar surface area (TPSA) is 64.0 Å². The van der Waals surface area contributed by atoms with Gasteiger partial charge in [0.1, 0.15) is 5.82 Å². The summed E-state index contributed by atoms with van der Waals surface area (Å²) in [5.74, 6) is 0.695. The van der Waals surface area contributed by atoms with Gasteiger partial charge in [0.15, 0.2) is 5.78 Å². The first kappa shape index (κ1) is 18.6. The number of ketones is 1. The predicted molar refractivity (Wildman–Crippen MR) is 114 cm³/mol. The molecule has 5 nitrogen and oxygen atoms in total. The van der Waals surface area contributed by atoms with Gasteiger partial charge in [0.2, 0.25) is 5.91 Å². The van der Waals surface area contributed by atoms with Crippen LogP contribution in [0.15, 0.2) is 78.9 Å². The maximum atomic E-state index is 12.5. The van der Waals surface area contributed by atoms with Crippen LogP contribution < -0.4 is 5.32 Å². The Kier molecular flexibility index (Phi) is 5.20. The average Bonchev–Trinajstić information content (AvgIpc) is 3.11. The summed E-state index contributed by atoms with van der Waals surface area (Å²) >= 11 is 0. The van der Waals surface area contributed by atoms with Gasteiger partial charge in [-0.2, -0.15) is 0 Å². The fourth-order valence-electron chi connectivity index (χ4n) is 3.37. The number of nitrogens with one attached hydrogen (secondary N) is 1. The normalized spacial score (nSPS) is 10.8. The number of nitrogens with zero attached hydrogens (tertiary/aromatic N) is 2. The predicted octanol–water partition coefficient (Wildman–Crippen LogP) is 4.80. The highest BCUT2D eigenvalue weighted by Crippen LogP contribution is 2.22. The van der Waals surface area contributed by atoms with E-state index in [1.165, 1.54) is 6.92 Å². The van der Waals surface area contributed by atoms with E-state index in [0.717, 1.165) is 22.5 Å². The SMILES string of the molecule is CC(=O)c1cccc(NC(=O)CCc2nc3ccccc3n2-c2ccccc2)c1. The molecule has 0 bridgehead atoms. The zero-order valence-corrected chi connectivity index (χ0v) is 16.1. The Bertz CT molecular complexity index is 1180. The number of anilines is 1. The summed E-state index contributed by atoms with van der Waals surface area (Å²) in [4.78, 5) is 28.8. The number of imidazole rings is 1. The Hall–Kier alpha value is -3.73. The van der Waals surface area contributed by atoms with E-state index in [0.29, 0.717) is 24.1 Å². The average molecular weight is 383 g/mol. The number of Topliss-reactive ketones (excluding diaryl/α,β-unsaturated/α-hetero) is 1. The van der Waals surface area contributed by atoms with E-state index in [-0.39, 0.29) is 11.7 Å². The molecule has 0 aliphatic carbocycles. The third kappa shape index (κ3) is 4.09. The zero-order chi connectivity index (χ0) is 20.2. The molecule has 3 aromatic carbocycles. The first-order valence-electron chi connectivity index (χ1n) is 9.54. The van der Waals surface area contributed by atoms with Crippen LogP contribution in [0.3, 0.4) is 0 Å². The van der Waals surface area contributed by atoms with E-state index < -0.39 is 0 Å². The van der Waals surface area contributed by atoms with Crippen molar-refractivity contribution >= 4 is 28.4 Å². The molecule has 0 aliphatic heterocycles. The number of aryl methyl sites for hydroxylation is 1. The lowest BCUT2D eigenvalue weighted by Crippen LogP contribution is -2.14. The molecule has 0 aliphatic rings. The molecule has 1 aromatic heterocycles. The van der Waals surface area contributed by atoms with E-state index in [1.54, 1.807) is 24.3 Å². The maximum absolute atomic E-state index is 12.5. The molecule has 0 spiro atoms. The molecule has 0 radical (unpaired) electrons. The summed E-state index contributed by atoms with van der Waals surface area (Å²) in [7, 11) is 0. The van der Waals surface area contributed by atoms with Crippen molar-refractivity contribution in [3.05, 3.63) is 90.3 Å². The zero-order valence-electron chi connectivity index (χ0n) is 16.1. The first-order chi connectivity index (χ1) is 14.1. The number of fused-ring (bicyclic) bond motifs is 1. The first-order valence-corrected chi connectivity index (χ1v) is 9.54. The van der Waals surface area contributed by atoms with Crippen LogP contribution in [0.4, 0.5) is 5.69 Å². The molecule has 4 aromatic rings. The monoisotopic (exact) mass is 383 g/mol. The Morgan fingerprint density at radius 1 is 0.931 bits per heavy atom. The van der Waals surface area contributed by atoms with Crippen LogP contribution in [0.5, 0.6) is 0 Å². The smallest absolute Gasteiger partial charge is 0.224 e. The van der Waals surface area contributed by atoms with Crippen LogP contribution in [0, 0.1) is 0 Å². The van der Waals surface area contributed by atoms with Gasteiger partial charge in [0, 0.05) is 29.8 Å². The molecule has 144 valence electrons. The van der Waals surface area contributed by atoms with Crippen LogP contribution in [0.2, 0.25) is 0 Å². The standard InChI is InChI=1S/C24H21N3O2/c1-17(28)18-8-7-9-19(16-18)25-24(29)15-14-23-26-21-12-5-6-13-22(21)27(23)20-10-3-2-4-11-20/h2-13,16H,14-15H2,1H3,(H,25,29). The maximum Gasteiger partial charge on any atom is 0.224 e. The molecule has 1 N–H and O–H groups in total. The number of benzene rings is 3.